The number of hydrogen-bond donors (Lipinski definition) is 1. The zero-order valence-electron chi connectivity index (χ0n) is 11.3. The van der Waals surface area contributed by atoms with E-state index in [0.29, 0.717) is 12.3 Å². The first-order valence-corrected chi connectivity index (χ1v) is 7.44. The lowest BCUT2D eigenvalue weighted by Crippen LogP contribution is -2.28. The molecule has 106 valence electrons. The van der Waals surface area contributed by atoms with Gasteiger partial charge in [0, 0.05) is 17.9 Å². The van der Waals surface area contributed by atoms with Gasteiger partial charge in [-0.05, 0) is 49.5 Å². The van der Waals surface area contributed by atoms with Crippen molar-refractivity contribution in [1.29, 1.82) is 0 Å². The number of aromatic nitrogens is 2. The van der Waals surface area contributed by atoms with Gasteiger partial charge in [0.15, 0.2) is 5.82 Å². The molecule has 0 spiro atoms. The van der Waals surface area contributed by atoms with Crippen molar-refractivity contribution in [3.63, 3.8) is 0 Å². The van der Waals surface area contributed by atoms with Crippen LogP contribution in [0.25, 0.3) is 0 Å². The molecule has 2 heterocycles. The minimum Gasteiger partial charge on any atom is -0.339 e. The van der Waals surface area contributed by atoms with Crippen LogP contribution in [0.15, 0.2) is 28.8 Å². The Balaban J connectivity index is 1.61. The molecule has 3 rings (SSSR count). The Morgan fingerprint density at radius 2 is 2.15 bits per heavy atom. The van der Waals surface area contributed by atoms with E-state index < -0.39 is 0 Å². The van der Waals surface area contributed by atoms with Gasteiger partial charge in [-0.3, -0.25) is 0 Å². The maximum atomic E-state index is 5.97. The molecule has 1 aliphatic rings. The van der Waals surface area contributed by atoms with Gasteiger partial charge in [0.2, 0.25) is 5.89 Å². The molecule has 5 heteroatoms. The van der Waals surface area contributed by atoms with Crippen molar-refractivity contribution in [1.82, 2.24) is 15.5 Å². The van der Waals surface area contributed by atoms with Gasteiger partial charge in [-0.1, -0.05) is 28.9 Å². The molecular weight excluding hydrogens is 274 g/mol. The standard InChI is InChI=1S/C15H18ClN3O/c16-13-3-1-2-12(8-13)9-14-18-15(20-19-14)10-11-4-6-17-7-5-11/h1-3,8,11,17H,4-7,9-10H2. The smallest absolute Gasteiger partial charge is 0.226 e. The summed E-state index contributed by atoms with van der Waals surface area (Å²) in [4.78, 5) is 4.49. The summed E-state index contributed by atoms with van der Waals surface area (Å²) in [6.45, 7) is 2.18. The molecule has 0 aliphatic carbocycles. The Morgan fingerprint density at radius 1 is 1.30 bits per heavy atom. The molecule has 0 atom stereocenters. The predicted molar refractivity (Wildman–Crippen MR) is 77.9 cm³/mol. The molecule has 2 aromatic rings. The lowest BCUT2D eigenvalue weighted by atomic mass is 9.95. The molecule has 4 nitrogen and oxygen atoms in total. The molecule has 1 aliphatic heterocycles. The third-order valence-electron chi connectivity index (χ3n) is 3.68. The van der Waals surface area contributed by atoms with E-state index in [1.54, 1.807) is 0 Å². The summed E-state index contributed by atoms with van der Waals surface area (Å²) in [6.07, 6.45) is 3.93. The summed E-state index contributed by atoms with van der Waals surface area (Å²) < 4.78 is 5.36. The summed E-state index contributed by atoms with van der Waals surface area (Å²) >= 11 is 5.97. The van der Waals surface area contributed by atoms with E-state index in [1.807, 2.05) is 24.3 Å². The Kier molecular flexibility index (Phi) is 4.33. The van der Waals surface area contributed by atoms with Gasteiger partial charge in [-0.2, -0.15) is 4.98 Å². The minimum atomic E-state index is 0.663. The number of hydrogen-bond acceptors (Lipinski definition) is 4. The zero-order valence-corrected chi connectivity index (χ0v) is 12.1. The first-order chi connectivity index (χ1) is 9.79. The third-order valence-corrected chi connectivity index (χ3v) is 3.92. The number of benzene rings is 1. The lowest BCUT2D eigenvalue weighted by Gasteiger charge is -2.20. The second kappa shape index (κ2) is 6.37. The molecule has 1 fully saturated rings. The summed E-state index contributed by atoms with van der Waals surface area (Å²) in [5, 5.41) is 8.16. The fraction of sp³-hybridized carbons (Fsp3) is 0.467. The van der Waals surface area contributed by atoms with Gasteiger partial charge in [0.1, 0.15) is 0 Å². The van der Waals surface area contributed by atoms with Crippen LogP contribution in [0.4, 0.5) is 0 Å². The van der Waals surface area contributed by atoms with Crippen LogP contribution in [0.2, 0.25) is 5.02 Å². The van der Waals surface area contributed by atoms with Gasteiger partial charge < -0.3 is 9.84 Å². The summed E-state index contributed by atoms with van der Waals surface area (Å²) in [5.74, 6) is 2.15. The molecule has 0 bridgehead atoms. The van der Waals surface area contributed by atoms with E-state index in [9.17, 15) is 0 Å². The van der Waals surface area contributed by atoms with Crippen molar-refractivity contribution >= 4 is 11.6 Å². The molecule has 1 aromatic heterocycles. The van der Waals surface area contributed by atoms with Crippen LogP contribution in [-0.4, -0.2) is 23.2 Å². The quantitative estimate of drug-likeness (QED) is 0.941. The van der Waals surface area contributed by atoms with E-state index in [-0.39, 0.29) is 0 Å². The van der Waals surface area contributed by atoms with Gasteiger partial charge in [-0.25, -0.2) is 0 Å². The molecule has 1 saturated heterocycles. The molecule has 0 saturated carbocycles. The maximum Gasteiger partial charge on any atom is 0.226 e. The highest BCUT2D eigenvalue weighted by Gasteiger charge is 2.17. The topological polar surface area (TPSA) is 51.0 Å². The number of nitrogens with zero attached hydrogens (tertiary/aromatic N) is 2. The van der Waals surface area contributed by atoms with Crippen LogP contribution in [0.5, 0.6) is 0 Å². The number of halogens is 1. The molecule has 0 radical (unpaired) electrons. The number of piperidine rings is 1. The van der Waals surface area contributed by atoms with Crippen molar-refractivity contribution in [3.05, 3.63) is 46.6 Å². The van der Waals surface area contributed by atoms with E-state index in [0.717, 1.165) is 41.8 Å². The summed E-state index contributed by atoms with van der Waals surface area (Å²) in [7, 11) is 0. The third kappa shape index (κ3) is 3.58. The predicted octanol–water partition coefficient (Wildman–Crippen LogP) is 2.86. The largest absolute Gasteiger partial charge is 0.339 e. The average molecular weight is 292 g/mol. The molecule has 1 N–H and O–H groups in total. The van der Waals surface area contributed by atoms with Crippen molar-refractivity contribution in [2.45, 2.75) is 25.7 Å². The highest BCUT2D eigenvalue weighted by atomic mass is 35.5. The monoisotopic (exact) mass is 291 g/mol. The molecule has 1 aromatic carbocycles. The Morgan fingerprint density at radius 3 is 2.95 bits per heavy atom. The zero-order chi connectivity index (χ0) is 13.8. The average Bonchev–Trinajstić information content (AvgIpc) is 2.87. The highest BCUT2D eigenvalue weighted by Crippen LogP contribution is 2.18. The molecule has 20 heavy (non-hydrogen) atoms. The van der Waals surface area contributed by atoms with E-state index in [4.69, 9.17) is 16.1 Å². The normalized spacial score (nSPS) is 16.4. The van der Waals surface area contributed by atoms with Crippen LogP contribution in [0.3, 0.4) is 0 Å². The van der Waals surface area contributed by atoms with Gasteiger partial charge in [0.25, 0.3) is 0 Å². The first-order valence-electron chi connectivity index (χ1n) is 7.06. The van der Waals surface area contributed by atoms with Gasteiger partial charge in [0.05, 0.1) is 0 Å². The van der Waals surface area contributed by atoms with Crippen molar-refractivity contribution < 1.29 is 4.52 Å². The highest BCUT2D eigenvalue weighted by molar-refractivity contribution is 6.30. The molecule has 0 amide bonds. The molecular formula is C15H18ClN3O. The van der Waals surface area contributed by atoms with Crippen LogP contribution in [-0.2, 0) is 12.8 Å². The lowest BCUT2D eigenvalue weighted by molar-refractivity contribution is 0.312. The van der Waals surface area contributed by atoms with Crippen LogP contribution in [0, 0.1) is 5.92 Å². The van der Waals surface area contributed by atoms with Crippen LogP contribution < -0.4 is 5.32 Å². The van der Waals surface area contributed by atoms with Gasteiger partial charge in [-0.15, -0.1) is 0 Å². The van der Waals surface area contributed by atoms with E-state index >= 15 is 0 Å². The van der Waals surface area contributed by atoms with E-state index in [1.165, 1.54) is 12.8 Å². The fourth-order valence-corrected chi connectivity index (χ4v) is 2.82. The SMILES string of the molecule is Clc1cccc(Cc2noc(CC3CCNCC3)n2)c1. The number of rotatable bonds is 4. The summed E-state index contributed by atoms with van der Waals surface area (Å²) in [5.41, 5.74) is 1.10. The fourth-order valence-electron chi connectivity index (χ4n) is 2.61. The first kappa shape index (κ1) is 13.6. The number of nitrogens with one attached hydrogen (secondary N) is 1. The maximum absolute atomic E-state index is 5.97. The summed E-state index contributed by atoms with van der Waals surface area (Å²) in [6, 6.07) is 7.76. The Hall–Kier alpha value is -1.39. The second-order valence-electron chi connectivity index (χ2n) is 5.31. The Bertz CT molecular complexity index is 564. The van der Waals surface area contributed by atoms with Crippen molar-refractivity contribution in [2.75, 3.05) is 13.1 Å². The van der Waals surface area contributed by atoms with Crippen molar-refractivity contribution in [2.24, 2.45) is 5.92 Å². The van der Waals surface area contributed by atoms with Gasteiger partial charge >= 0.3 is 0 Å². The second-order valence-corrected chi connectivity index (χ2v) is 5.74. The molecule has 0 unspecified atom stereocenters. The Labute approximate surface area is 123 Å². The van der Waals surface area contributed by atoms with Crippen LogP contribution >= 0.6 is 11.6 Å². The minimum absolute atomic E-state index is 0.663. The van der Waals surface area contributed by atoms with E-state index in [2.05, 4.69) is 15.5 Å². The van der Waals surface area contributed by atoms with Crippen LogP contribution in [0.1, 0.15) is 30.1 Å². The van der Waals surface area contributed by atoms with Crippen molar-refractivity contribution in [3.8, 4) is 0 Å².